The highest BCUT2D eigenvalue weighted by atomic mass is 16.7. The third-order valence-electron chi connectivity index (χ3n) is 6.18. The summed E-state index contributed by atoms with van der Waals surface area (Å²) in [5.41, 5.74) is -1.15. The van der Waals surface area contributed by atoms with Crippen molar-refractivity contribution < 1.29 is 24.5 Å². The number of hydrogen-bond donors (Lipinski definition) is 2. The van der Waals surface area contributed by atoms with E-state index in [1.807, 2.05) is 6.92 Å². The summed E-state index contributed by atoms with van der Waals surface area (Å²) in [5.74, 6) is -0.0536. The fraction of sp³-hybridized carbons (Fsp3) is 0.800. The lowest BCUT2D eigenvalue weighted by Gasteiger charge is -2.46. The van der Waals surface area contributed by atoms with E-state index in [1.54, 1.807) is 6.08 Å². The molecule has 2 saturated heterocycles. The van der Waals surface area contributed by atoms with Gasteiger partial charge in [0.25, 0.3) is 0 Å². The Morgan fingerprint density at radius 3 is 2.80 bits per heavy atom. The number of ketones is 1. The zero-order valence-electron chi connectivity index (χ0n) is 11.8. The first kappa shape index (κ1) is 13.0. The second kappa shape index (κ2) is 3.53. The number of rotatable bonds is 2. The number of carbonyl (C=O) groups is 1. The van der Waals surface area contributed by atoms with Crippen LogP contribution in [-0.2, 0) is 14.3 Å². The third kappa shape index (κ3) is 1.18. The van der Waals surface area contributed by atoms with Gasteiger partial charge >= 0.3 is 0 Å². The van der Waals surface area contributed by atoms with Crippen LogP contribution < -0.4 is 0 Å². The summed E-state index contributed by atoms with van der Waals surface area (Å²) in [6, 6.07) is 0. The molecule has 3 fully saturated rings. The molecular formula is C15H20O5. The van der Waals surface area contributed by atoms with Gasteiger partial charge in [0.05, 0.1) is 19.3 Å². The number of carbonyl (C=O) groups excluding carboxylic acids is 1. The minimum absolute atomic E-state index is 0.0250. The van der Waals surface area contributed by atoms with Crippen molar-refractivity contribution in [1.82, 2.24) is 0 Å². The molecule has 2 aliphatic heterocycles. The summed E-state index contributed by atoms with van der Waals surface area (Å²) >= 11 is 0. The van der Waals surface area contributed by atoms with E-state index in [0.717, 1.165) is 12.0 Å². The Bertz CT molecular complexity index is 522. The normalized spacial score (nSPS) is 56.7. The van der Waals surface area contributed by atoms with E-state index in [9.17, 15) is 15.0 Å². The first-order chi connectivity index (χ1) is 9.42. The lowest BCUT2D eigenvalue weighted by atomic mass is 9.56. The average molecular weight is 280 g/mol. The van der Waals surface area contributed by atoms with Crippen LogP contribution in [0.25, 0.3) is 0 Å². The summed E-state index contributed by atoms with van der Waals surface area (Å²) < 4.78 is 11.3. The Hall–Kier alpha value is -0.750. The van der Waals surface area contributed by atoms with Gasteiger partial charge in [-0.05, 0) is 24.8 Å². The Morgan fingerprint density at radius 2 is 2.20 bits per heavy atom. The van der Waals surface area contributed by atoms with Gasteiger partial charge in [-0.25, -0.2) is 0 Å². The number of hydrogen-bond acceptors (Lipinski definition) is 5. The molecule has 4 aliphatic rings. The van der Waals surface area contributed by atoms with Gasteiger partial charge in [0.15, 0.2) is 17.0 Å². The second-order valence-corrected chi connectivity index (χ2v) is 6.89. The molecule has 0 bridgehead atoms. The van der Waals surface area contributed by atoms with Crippen molar-refractivity contribution in [1.29, 1.82) is 0 Å². The predicted octanol–water partition coefficient (Wildman–Crippen LogP) is 0.192. The number of epoxide rings is 2. The molecule has 5 nitrogen and oxygen atoms in total. The highest BCUT2D eigenvalue weighted by molar-refractivity contribution is 6.03. The van der Waals surface area contributed by atoms with Crippen LogP contribution in [0.1, 0.15) is 26.7 Å². The first-order valence-electron chi connectivity index (χ1n) is 7.28. The topological polar surface area (TPSA) is 82.6 Å². The first-order valence-corrected chi connectivity index (χ1v) is 7.28. The molecule has 4 rings (SSSR count). The molecule has 0 radical (unpaired) electrons. The van der Waals surface area contributed by atoms with E-state index in [-0.39, 0.29) is 35.9 Å². The summed E-state index contributed by atoms with van der Waals surface area (Å²) in [6.07, 6.45) is 2.44. The molecule has 6 atom stereocenters. The maximum Gasteiger partial charge on any atom is 0.193 e. The largest absolute Gasteiger partial charge is 0.393 e. The van der Waals surface area contributed by atoms with Crippen LogP contribution in [0.4, 0.5) is 0 Å². The smallest absolute Gasteiger partial charge is 0.193 e. The molecule has 2 N–H and O–H groups in total. The molecule has 0 unspecified atom stereocenters. The van der Waals surface area contributed by atoms with Gasteiger partial charge in [0.2, 0.25) is 0 Å². The van der Waals surface area contributed by atoms with Crippen molar-refractivity contribution in [3.8, 4) is 0 Å². The van der Waals surface area contributed by atoms with Crippen molar-refractivity contribution in [2.24, 2.45) is 11.3 Å². The van der Waals surface area contributed by atoms with E-state index in [1.165, 1.54) is 0 Å². The highest BCUT2D eigenvalue weighted by Gasteiger charge is 2.84. The molecule has 5 heteroatoms. The van der Waals surface area contributed by atoms with Crippen molar-refractivity contribution >= 4 is 5.78 Å². The monoisotopic (exact) mass is 280 g/mol. The maximum absolute atomic E-state index is 12.5. The Morgan fingerprint density at radius 1 is 1.50 bits per heavy atom. The fourth-order valence-corrected chi connectivity index (χ4v) is 4.38. The van der Waals surface area contributed by atoms with Crippen LogP contribution in [0.2, 0.25) is 0 Å². The Labute approximate surface area is 117 Å². The standard InChI is InChI=1S/C15H20O5/c1-8-10(17)4-3-9-5-11(18)15(14(6-16)7-19-14)12(20-15)13(8,9)2/h5,8,10,12,16-17H,3-4,6-7H2,1-2H3/t8-,10+,12+,13+,14+,15+/m0/s1. The maximum atomic E-state index is 12.5. The second-order valence-electron chi connectivity index (χ2n) is 6.89. The Kier molecular flexibility index (Phi) is 2.28. The van der Waals surface area contributed by atoms with E-state index in [2.05, 4.69) is 6.92 Å². The van der Waals surface area contributed by atoms with Crippen molar-refractivity contribution in [3.63, 3.8) is 0 Å². The van der Waals surface area contributed by atoms with Crippen molar-refractivity contribution in [3.05, 3.63) is 11.6 Å². The summed E-state index contributed by atoms with van der Waals surface area (Å²) in [4.78, 5) is 12.5. The zero-order valence-corrected chi connectivity index (χ0v) is 11.8. The van der Waals surface area contributed by atoms with Crippen LogP contribution in [0.3, 0.4) is 0 Å². The van der Waals surface area contributed by atoms with Crippen LogP contribution in [0, 0.1) is 11.3 Å². The molecule has 0 spiro atoms. The van der Waals surface area contributed by atoms with Gasteiger partial charge in [-0.1, -0.05) is 19.4 Å². The van der Waals surface area contributed by atoms with Crippen molar-refractivity contribution in [2.75, 3.05) is 13.2 Å². The molecule has 1 saturated carbocycles. The fourth-order valence-electron chi connectivity index (χ4n) is 4.38. The summed E-state index contributed by atoms with van der Waals surface area (Å²) in [5, 5.41) is 19.8. The molecule has 0 amide bonds. The van der Waals surface area contributed by atoms with Gasteiger partial charge < -0.3 is 19.7 Å². The number of aliphatic hydroxyl groups is 2. The zero-order chi connectivity index (χ0) is 14.3. The van der Waals surface area contributed by atoms with E-state index in [0.29, 0.717) is 13.0 Å². The molecule has 2 heterocycles. The highest BCUT2D eigenvalue weighted by Crippen LogP contribution is 2.67. The molecule has 20 heavy (non-hydrogen) atoms. The summed E-state index contributed by atoms with van der Waals surface area (Å²) in [6.45, 7) is 4.24. The van der Waals surface area contributed by atoms with Gasteiger partial charge in [0, 0.05) is 5.41 Å². The van der Waals surface area contributed by atoms with Gasteiger partial charge in [0.1, 0.15) is 6.10 Å². The SMILES string of the molecule is C[C@H]1[C@H](O)CCC2=CC(=O)[C@@]3([C@@]4(CO)CO4)O[C@@H]3[C@@]21C. The van der Waals surface area contributed by atoms with E-state index < -0.39 is 11.2 Å². The van der Waals surface area contributed by atoms with Crippen LogP contribution in [0.15, 0.2) is 11.6 Å². The average Bonchev–Trinajstić information content (AvgIpc) is 3.29. The van der Waals surface area contributed by atoms with Crippen molar-refractivity contribution in [2.45, 2.75) is 50.1 Å². The van der Waals surface area contributed by atoms with E-state index in [4.69, 9.17) is 9.47 Å². The number of fused-ring (bicyclic) bond motifs is 3. The van der Waals surface area contributed by atoms with Gasteiger partial charge in [-0.15, -0.1) is 0 Å². The van der Waals surface area contributed by atoms with Gasteiger partial charge in [-0.2, -0.15) is 0 Å². The molecule has 0 aromatic carbocycles. The third-order valence-corrected chi connectivity index (χ3v) is 6.18. The molecule has 110 valence electrons. The lowest BCUT2D eigenvalue weighted by Crippen LogP contribution is -2.55. The predicted molar refractivity (Wildman–Crippen MR) is 69.0 cm³/mol. The minimum atomic E-state index is -1.02. The minimum Gasteiger partial charge on any atom is -0.393 e. The van der Waals surface area contributed by atoms with Crippen LogP contribution >= 0.6 is 0 Å². The van der Waals surface area contributed by atoms with Gasteiger partial charge in [-0.3, -0.25) is 4.79 Å². The van der Waals surface area contributed by atoms with E-state index >= 15 is 0 Å². The van der Waals surface area contributed by atoms with Crippen LogP contribution in [-0.4, -0.2) is 52.6 Å². The molecular weight excluding hydrogens is 260 g/mol. The molecule has 2 aliphatic carbocycles. The number of aliphatic hydroxyl groups excluding tert-OH is 2. The van der Waals surface area contributed by atoms with Crippen LogP contribution in [0.5, 0.6) is 0 Å². The summed E-state index contributed by atoms with van der Waals surface area (Å²) in [7, 11) is 0. The molecule has 0 aromatic heterocycles. The quantitative estimate of drug-likeness (QED) is 0.706. The number of ether oxygens (including phenoxy) is 2. The Balaban J connectivity index is 1.81. The molecule has 0 aromatic rings. The lowest BCUT2D eigenvalue weighted by molar-refractivity contribution is -0.123.